The molecule has 0 radical (unpaired) electrons. The number of amides is 2. The van der Waals surface area contributed by atoms with E-state index in [9.17, 15) is 18.4 Å². The number of benzene rings is 1. The number of halogens is 2. The summed E-state index contributed by atoms with van der Waals surface area (Å²) in [5.41, 5.74) is 12.5. The number of primary amides is 1. The zero-order chi connectivity index (χ0) is 26.4. The van der Waals surface area contributed by atoms with Crippen molar-refractivity contribution in [2.24, 2.45) is 22.4 Å². The van der Waals surface area contributed by atoms with E-state index in [1.54, 1.807) is 31.2 Å². The Labute approximate surface area is 206 Å². The normalized spacial score (nSPS) is 18.8. The molecule has 1 aliphatic carbocycles. The number of aromatic nitrogens is 2. The summed E-state index contributed by atoms with van der Waals surface area (Å²) in [5, 5.41) is 15.4. The largest absolute Gasteiger partial charge is 0.473 e. The fourth-order valence-electron chi connectivity index (χ4n) is 3.94. The molecule has 2 aromatic rings. The first-order chi connectivity index (χ1) is 17.1. The molecule has 1 aromatic heterocycles. The molecule has 0 aliphatic heterocycles. The smallest absolute Gasteiger partial charge is 0.333 e. The Balaban J connectivity index is 1.50. The van der Waals surface area contributed by atoms with E-state index in [4.69, 9.17) is 21.5 Å². The highest BCUT2D eigenvalue weighted by Crippen LogP contribution is 2.35. The lowest BCUT2D eigenvalue weighted by molar-refractivity contribution is -0.117. The van der Waals surface area contributed by atoms with Gasteiger partial charge in [0.1, 0.15) is 11.7 Å². The van der Waals surface area contributed by atoms with Crippen LogP contribution in [0.25, 0.3) is 0 Å². The summed E-state index contributed by atoms with van der Waals surface area (Å²) in [6, 6.07) is 8.47. The van der Waals surface area contributed by atoms with Gasteiger partial charge in [-0.05, 0) is 63.3 Å². The number of nitrogens with one attached hydrogen (secondary N) is 1. The number of hydrogen-bond donors (Lipinski definition) is 3. The van der Waals surface area contributed by atoms with E-state index >= 15 is 0 Å². The standard InChI is InChI=1S/C24H27F2N7O3/c1-13(30-22(35)19(11-28)14(2)31-17-5-3-15(10-27)4-6-17)7-16-8-18(9-16)36-23-20(21(29)34)12-33(32-23)24(25)26/h3-6,11-13,16,18,24H,7-9,28H2,1-2H3,(H2,29,34)(H,30,35)/t13-,16?,18?/m0/s1. The van der Waals surface area contributed by atoms with Gasteiger partial charge in [-0.25, -0.2) is 4.68 Å². The highest BCUT2D eigenvalue weighted by Gasteiger charge is 2.34. The number of hydrogen-bond acceptors (Lipinski definition) is 7. The van der Waals surface area contributed by atoms with Crippen molar-refractivity contribution in [1.29, 1.82) is 5.26 Å². The molecule has 12 heteroatoms. The molecule has 36 heavy (non-hydrogen) atoms. The molecule has 1 heterocycles. The lowest BCUT2D eigenvalue weighted by Crippen LogP contribution is -2.41. The number of rotatable bonds is 10. The first kappa shape index (κ1) is 26.3. The number of nitrogens with two attached hydrogens (primary N) is 2. The second-order valence-corrected chi connectivity index (χ2v) is 8.59. The molecular formula is C24H27F2N7O3. The van der Waals surface area contributed by atoms with Crippen LogP contribution in [-0.4, -0.2) is 39.5 Å². The van der Waals surface area contributed by atoms with Crippen molar-refractivity contribution in [2.75, 3.05) is 0 Å². The minimum absolute atomic E-state index is 0.180. The SMILES string of the molecule is CC(=Nc1ccc(C#N)cc1)C(=CN)C(=O)N[C@@H](C)CC1CC(Oc2nn(C(F)F)cc2C(N)=O)C1. The van der Waals surface area contributed by atoms with E-state index in [0.717, 1.165) is 6.20 Å². The average molecular weight is 500 g/mol. The number of nitriles is 1. The molecule has 1 aromatic carbocycles. The van der Waals surface area contributed by atoms with Crippen LogP contribution < -0.4 is 21.5 Å². The maximum atomic E-state index is 12.9. The molecule has 190 valence electrons. The summed E-state index contributed by atoms with van der Waals surface area (Å²) in [5.74, 6) is -1.25. The van der Waals surface area contributed by atoms with E-state index in [1.807, 2.05) is 13.0 Å². The van der Waals surface area contributed by atoms with E-state index in [2.05, 4.69) is 15.4 Å². The van der Waals surface area contributed by atoms with E-state index in [0.29, 0.717) is 40.9 Å². The van der Waals surface area contributed by atoms with Crippen molar-refractivity contribution in [1.82, 2.24) is 15.1 Å². The predicted octanol–water partition coefficient (Wildman–Crippen LogP) is 2.94. The van der Waals surface area contributed by atoms with Crippen molar-refractivity contribution in [3.05, 3.63) is 53.4 Å². The van der Waals surface area contributed by atoms with Crippen molar-refractivity contribution in [3.8, 4) is 11.9 Å². The van der Waals surface area contributed by atoms with Crippen LogP contribution in [0, 0.1) is 17.2 Å². The Morgan fingerprint density at radius 3 is 2.58 bits per heavy atom. The third-order valence-electron chi connectivity index (χ3n) is 5.79. The van der Waals surface area contributed by atoms with Crippen molar-refractivity contribution in [3.63, 3.8) is 0 Å². The topological polar surface area (TPSA) is 161 Å². The van der Waals surface area contributed by atoms with Gasteiger partial charge in [0.25, 0.3) is 11.8 Å². The molecule has 0 spiro atoms. The van der Waals surface area contributed by atoms with Gasteiger partial charge < -0.3 is 21.5 Å². The van der Waals surface area contributed by atoms with Gasteiger partial charge in [-0.1, -0.05) is 0 Å². The van der Waals surface area contributed by atoms with Crippen molar-refractivity contribution < 1.29 is 23.1 Å². The molecule has 1 atom stereocenters. The van der Waals surface area contributed by atoms with Crippen LogP contribution in [-0.2, 0) is 4.79 Å². The highest BCUT2D eigenvalue weighted by molar-refractivity contribution is 6.21. The van der Waals surface area contributed by atoms with Gasteiger partial charge in [0.15, 0.2) is 0 Å². The number of nitrogens with zero attached hydrogens (tertiary/aromatic N) is 4. The molecule has 0 saturated heterocycles. The number of alkyl halides is 2. The number of carbonyl (C=O) groups excluding carboxylic acids is 2. The Morgan fingerprint density at radius 1 is 1.36 bits per heavy atom. The van der Waals surface area contributed by atoms with E-state index in [1.165, 1.54) is 6.20 Å². The molecule has 1 saturated carbocycles. The highest BCUT2D eigenvalue weighted by atomic mass is 19.3. The van der Waals surface area contributed by atoms with Crippen LogP contribution in [0.4, 0.5) is 14.5 Å². The second-order valence-electron chi connectivity index (χ2n) is 8.59. The number of aliphatic imine (C=N–C) groups is 1. The summed E-state index contributed by atoms with van der Waals surface area (Å²) in [4.78, 5) is 28.6. The summed E-state index contributed by atoms with van der Waals surface area (Å²) in [6.45, 7) is 0.623. The molecule has 0 bridgehead atoms. The Hall–Kier alpha value is -4.27. The predicted molar refractivity (Wildman–Crippen MR) is 128 cm³/mol. The molecule has 5 N–H and O–H groups in total. The molecular weight excluding hydrogens is 472 g/mol. The van der Waals surface area contributed by atoms with Crippen LogP contribution in [0.5, 0.6) is 5.88 Å². The molecule has 2 amide bonds. The fraction of sp³-hybridized carbons (Fsp3) is 0.375. The zero-order valence-electron chi connectivity index (χ0n) is 19.8. The third kappa shape index (κ3) is 6.44. The first-order valence-electron chi connectivity index (χ1n) is 11.2. The molecule has 1 aliphatic rings. The Bertz CT molecular complexity index is 1210. The average Bonchev–Trinajstić information content (AvgIpc) is 3.23. The lowest BCUT2D eigenvalue weighted by atomic mass is 9.78. The quantitative estimate of drug-likeness (QED) is 0.336. The molecule has 1 fully saturated rings. The van der Waals surface area contributed by atoms with Gasteiger partial charge in [-0.15, -0.1) is 5.10 Å². The van der Waals surface area contributed by atoms with Crippen LogP contribution in [0.3, 0.4) is 0 Å². The maximum absolute atomic E-state index is 12.9. The summed E-state index contributed by atoms with van der Waals surface area (Å²) in [7, 11) is 0. The van der Waals surface area contributed by atoms with Gasteiger partial charge in [-0.2, -0.15) is 14.0 Å². The lowest BCUT2D eigenvalue weighted by Gasteiger charge is -2.36. The molecule has 3 rings (SSSR count). The van der Waals surface area contributed by atoms with Gasteiger partial charge >= 0.3 is 6.55 Å². The summed E-state index contributed by atoms with van der Waals surface area (Å²) in [6.07, 6.45) is 3.65. The minimum Gasteiger partial charge on any atom is -0.473 e. The van der Waals surface area contributed by atoms with E-state index in [-0.39, 0.29) is 41.0 Å². The van der Waals surface area contributed by atoms with Gasteiger partial charge in [-0.3, -0.25) is 14.6 Å². The van der Waals surface area contributed by atoms with E-state index < -0.39 is 12.5 Å². The minimum atomic E-state index is -2.91. The zero-order valence-corrected chi connectivity index (χ0v) is 19.8. The van der Waals surface area contributed by atoms with Crippen LogP contribution >= 0.6 is 0 Å². The van der Waals surface area contributed by atoms with Crippen molar-refractivity contribution >= 4 is 23.2 Å². The maximum Gasteiger partial charge on any atom is 0.333 e. The Kier molecular flexibility index (Phi) is 8.37. The molecule has 0 unspecified atom stereocenters. The number of carbonyl (C=O) groups is 2. The van der Waals surface area contributed by atoms with Gasteiger partial charge in [0.2, 0.25) is 5.88 Å². The van der Waals surface area contributed by atoms with Gasteiger partial charge in [0, 0.05) is 18.4 Å². The summed E-state index contributed by atoms with van der Waals surface area (Å²) < 4.78 is 31.7. The third-order valence-corrected chi connectivity index (χ3v) is 5.79. The van der Waals surface area contributed by atoms with Crippen LogP contribution in [0.1, 0.15) is 55.6 Å². The van der Waals surface area contributed by atoms with Crippen LogP contribution in [0.2, 0.25) is 0 Å². The second kappa shape index (κ2) is 11.4. The monoisotopic (exact) mass is 499 g/mol. The summed E-state index contributed by atoms with van der Waals surface area (Å²) >= 11 is 0. The molecule has 10 nitrogen and oxygen atoms in total. The van der Waals surface area contributed by atoms with Gasteiger partial charge in [0.05, 0.1) is 28.6 Å². The first-order valence-corrected chi connectivity index (χ1v) is 11.2. The number of ether oxygens (including phenoxy) is 1. The fourth-order valence-corrected chi connectivity index (χ4v) is 3.94. The van der Waals surface area contributed by atoms with Crippen molar-refractivity contribution in [2.45, 2.75) is 51.8 Å². The Morgan fingerprint density at radius 2 is 2.03 bits per heavy atom. The van der Waals surface area contributed by atoms with Crippen LogP contribution in [0.15, 0.2) is 47.2 Å².